The molecule has 0 fully saturated rings. The largest absolute Gasteiger partial charge is 0.493 e. The maximum Gasteiger partial charge on any atom is 0.220 e. The van der Waals surface area contributed by atoms with E-state index in [1.807, 2.05) is 6.92 Å². The van der Waals surface area contributed by atoms with Crippen LogP contribution in [0.25, 0.3) is 0 Å². The second-order valence-corrected chi connectivity index (χ2v) is 5.89. The number of methoxy groups -OCH3 is 1. The van der Waals surface area contributed by atoms with Crippen molar-refractivity contribution in [2.75, 3.05) is 13.7 Å². The maximum absolute atomic E-state index is 11.9. The van der Waals surface area contributed by atoms with E-state index in [9.17, 15) is 4.79 Å². The molecule has 0 aliphatic heterocycles. The number of benzene rings is 1. The molecule has 0 aliphatic carbocycles. The summed E-state index contributed by atoms with van der Waals surface area (Å²) in [7, 11) is 1.54. The smallest absolute Gasteiger partial charge is 0.220 e. The Morgan fingerprint density at radius 2 is 2.08 bits per heavy atom. The lowest BCUT2D eigenvalue weighted by Gasteiger charge is -2.14. The standard InChI is InChI=1S/C19H28N2O3/c1-4-5-6-8-15(2)21-19(22)9-7-12-24-17-11-10-16(14-20)13-18(17)23-3/h10-11,13,15H,4-9,12H2,1-3H3,(H,21,22). The summed E-state index contributed by atoms with van der Waals surface area (Å²) in [6.45, 7) is 4.65. The molecule has 1 unspecified atom stereocenters. The molecular weight excluding hydrogens is 304 g/mol. The summed E-state index contributed by atoms with van der Waals surface area (Å²) in [5.74, 6) is 1.18. The van der Waals surface area contributed by atoms with E-state index in [4.69, 9.17) is 14.7 Å². The average molecular weight is 332 g/mol. The van der Waals surface area contributed by atoms with Crippen LogP contribution >= 0.6 is 0 Å². The van der Waals surface area contributed by atoms with Crippen LogP contribution in [0.2, 0.25) is 0 Å². The number of amides is 1. The lowest BCUT2D eigenvalue weighted by molar-refractivity contribution is -0.121. The molecule has 24 heavy (non-hydrogen) atoms. The van der Waals surface area contributed by atoms with Gasteiger partial charge in [-0.1, -0.05) is 26.2 Å². The fourth-order valence-electron chi connectivity index (χ4n) is 2.39. The summed E-state index contributed by atoms with van der Waals surface area (Å²) in [6, 6.07) is 7.32. The monoisotopic (exact) mass is 332 g/mol. The van der Waals surface area contributed by atoms with Gasteiger partial charge >= 0.3 is 0 Å². The zero-order valence-electron chi connectivity index (χ0n) is 14.9. The van der Waals surface area contributed by atoms with Gasteiger partial charge in [0.05, 0.1) is 25.3 Å². The first-order chi connectivity index (χ1) is 11.6. The van der Waals surface area contributed by atoms with Gasteiger partial charge in [0.15, 0.2) is 11.5 Å². The minimum Gasteiger partial charge on any atom is -0.493 e. The molecule has 0 saturated carbocycles. The summed E-state index contributed by atoms with van der Waals surface area (Å²) in [5.41, 5.74) is 0.524. The topological polar surface area (TPSA) is 71.3 Å². The van der Waals surface area contributed by atoms with Crippen LogP contribution in [0.4, 0.5) is 0 Å². The lowest BCUT2D eigenvalue weighted by atomic mass is 10.1. The summed E-state index contributed by atoms with van der Waals surface area (Å²) in [4.78, 5) is 11.9. The highest BCUT2D eigenvalue weighted by molar-refractivity contribution is 5.76. The fraction of sp³-hybridized carbons (Fsp3) is 0.579. The number of hydrogen-bond donors (Lipinski definition) is 1. The van der Waals surface area contributed by atoms with Crippen molar-refractivity contribution in [3.63, 3.8) is 0 Å². The number of hydrogen-bond acceptors (Lipinski definition) is 4. The Morgan fingerprint density at radius 3 is 2.75 bits per heavy atom. The second-order valence-electron chi connectivity index (χ2n) is 5.89. The Labute approximate surface area is 145 Å². The molecule has 0 saturated heterocycles. The van der Waals surface area contributed by atoms with Crippen molar-refractivity contribution in [1.82, 2.24) is 5.32 Å². The lowest BCUT2D eigenvalue weighted by Crippen LogP contribution is -2.32. The minimum atomic E-state index is 0.0643. The first-order valence-corrected chi connectivity index (χ1v) is 8.61. The van der Waals surface area contributed by atoms with Crippen LogP contribution in [0.3, 0.4) is 0 Å². The van der Waals surface area contributed by atoms with Gasteiger partial charge in [0.25, 0.3) is 0 Å². The summed E-state index contributed by atoms with van der Waals surface area (Å²) in [5, 5.41) is 11.9. The minimum absolute atomic E-state index is 0.0643. The van der Waals surface area contributed by atoms with Crippen molar-refractivity contribution in [2.24, 2.45) is 0 Å². The highest BCUT2D eigenvalue weighted by Gasteiger charge is 2.08. The van der Waals surface area contributed by atoms with Crippen molar-refractivity contribution in [2.45, 2.75) is 58.4 Å². The highest BCUT2D eigenvalue weighted by Crippen LogP contribution is 2.27. The Balaban J connectivity index is 2.28. The van der Waals surface area contributed by atoms with Crippen LogP contribution in [0.15, 0.2) is 18.2 Å². The van der Waals surface area contributed by atoms with Gasteiger partial charge in [-0.25, -0.2) is 0 Å². The number of nitrogens with one attached hydrogen (secondary N) is 1. The van der Waals surface area contributed by atoms with E-state index < -0.39 is 0 Å². The quantitative estimate of drug-likeness (QED) is 0.625. The van der Waals surface area contributed by atoms with Gasteiger partial charge in [-0.05, 0) is 31.9 Å². The number of carbonyl (C=O) groups is 1. The Bertz CT molecular complexity index is 552. The first-order valence-electron chi connectivity index (χ1n) is 8.61. The molecule has 1 N–H and O–H groups in total. The third kappa shape index (κ3) is 7.36. The van der Waals surface area contributed by atoms with E-state index in [0.29, 0.717) is 36.5 Å². The molecule has 132 valence electrons. The maximum atomic E-state index is 11.9. The molecule has 0 aliphatic rings. The molecule has 0 aromatic heterocycles. The number of carbonyl (C=O) groups excluding carboxylic acids is 1. The fourth-order valence-corrected chi connectivity index (χ4v) is 2.39. The Hall–Kier alpha value is -2.22. The summed E-state index contributed by atoms with van der Waals surface area (Å²) in [6.07, 6.45) is 5.66. The van der Waals surface area contributed by atoms with Gasteiger partial charge in [0, 0.05) is 18.5 Å². The van der Waals surface area contributed by atoms with Crippen LogP contribution in [-0.4, -0.2) is 25.7 Å². The molecule has 0 bridgehead atoms. The van der Waals surface area contributed by atoms with E-state index >= 15 is 0 Å². The Morgan fingerprint density at radius 1 is 1.29 bits per heavy atom. The molecule has 5 nitrogen and oxygen atoms in total. The van der Waals surface area contributed by atoms with Gasteiger partial charge in [-0.15, -0.1) is 0 Å². The predicted octanol–water partition coefficient (Wildman–Crippen LogP) is 3.81. The molecule has 1 aromatic carbocycles. The average Bonchev–Trinajstić information content (AvgIpc) is 2.58. The van der Waals surface area contributed by atoms with Gasteiger partial charge in [0.1, 0.15) is 0 Å². The molecule has 0 heterocycles. The molecule has 1 atom stereocenters. The van der Waals surface area contributed by atoms with Crippen molar-refractivity contribution in [1.29, 1.82) is 5.26 Å². The zero-order valence-corrected chi connectivity index (χ0v) is 14.9. The van der Waals surface area contributed by atoms with Gasteiger partial charge in [-0.2, -0.15) is 5.26 Å². The van der Waals surface area contributed by atoms with Crippen molar-refractivity contribution in [3.05, 3.63) is 23.8 Å². The molecular formula is C19H28N2O3. The number of ether oxygens (including phenoxy) is 2. The van der Waals surface area contributed by atoms with Crippen LogP contribution < -0.4 is 14.8 Å². The second kappa shape index (κ2) is 11.3. The van der Waals surface area contributed by atoms with E-state index in [1.165, 1.54) is 20.0 Å². The molecule has 1 amide bonds. The van der Waals surface area contributed by atoms with Crippen molar-refractivity contribution < 1.29 is 14.3 Å². The van der Waals surface area contributed by atoms with Crippen LogP contribution in [0.5, 0.6) is 11.5 Å². The van der Waals surface area contributed by atoms with Gasteiger partial charge in [0.2, 0.25) is 5.91 Å². The highest BCUT2D eigenvalue weighted by atomic mass is 16.5. The van der Waals surface area contributed by atoms with E-state index in [0.717, 1.165) is 12.8 Å². The predicted molar refractivity (Wildman–Crippen MR) is 94.2 cm³/mol. The third-order valence-corrected chi connectivity index (χ3v) is 3.75. The van der Waals surface area contributed by atoms with Crippen molar-refractivity contribution >= 4 is 5.91 Å². The molecule has 5 heteroatoms. The van der Waals surface area contributed by atoms with Gasteiger partial charge in [-0.3, -0.25) is 4.79 Å². The van der Waals surface area contributed by atoms with Gasteiger partial charge < -0.3 is 14.8 Å². The summed E-state index contributed by atoms with van der Waals surface area (Å²) >= 11 is 0. The molecule has 1 rings (SSSR count). The van der Waals surface area contributed by atoms with Crippen LogP contribution in [0.1, 0.15) is 57.9 Å². The normalized spacial score (nSPS) is 11.4. The molecule has 1 aromatic rings. The molecule has 0 spiro atoms. The first kappa shape index (κ1) is 19.8. The molecule has 0 radical (unpaired) electrons. The number of nitrogens with zero attached hydrogens (tertiary/aromatic N) is 1. The number of unbranched alkanes of at least 4 members (excludes halogenated alkanes) is 2. The van der Waals surface area contributed by atoms with Crippen LogP contribution in [-0.2, 0) is 4.79 Å². The van der Waals surface area contributed by atoms with Crippen molar-refractivity contribution in [3.8, 4) is 17.6 Å². The van der Waals surface area contributed by atoms with E-state index in [-0.39, 0.29) is 11.9 Å². The number of rotatable bonds is 11. The third-order valence-electron chi connectivity index (χ3n) is 3.75. The zero-order chi connectivity index (χ0) is 17.8. The number of nitriles is 1. The van der Waals surface area contributed by atoms with Crippen LogP contribution in [0, 0.1) is 11.3 Å². The summed E-state index contributed by atoms with van der Waals surface area (Å²) < 4.78 is 10.9. The Kier molecular flexibility index (Phi) is 9.36. The van der Waals surface area contributed by atoms with E-state index in [1.54, 1.807) is 18.2 Å². The van der Waals surface area contributed by atoms with E-state index in [2.05, 4.69) is 18.3 Å². The SMILES string of the molecule is CCCCCC(C)NC(=O)CCCOc1ccc(C#N)cc1OC.